The quantitative estimate of drug-likeness (QED) is 0.361. The predicted octanol–water partition coefficient (Wildman–Crippen LogP) is 3.46. The molecule has 1 aromatic rings. The van der Waals surface area contributed by atoms with Gasteiger partial charge < -0.3 is 0 Å². The summed E-state index contributed by atoms with van der Waals surface area (Å²) in [5.74, 6) is -0.284. The molecule has 4 nitrogen and oxygen atoms in total. The van der Waals surface area contributed by atoms with E-state index in [1.807, 2.05) is 0 Å². The number of hydrogen-bond acceptors (Lipinski definition) is 3. The molecule has 1 atom stereocenters. The van der Waals surface area contributed by atoms with Gasteiger partial charge >= 0.3 is 0 Å². The van der Waals surface area contributed by atoms with Gasteiger partial charge in [0.25, 0.3) is 5.69 Å². The largest absolute Gasteiger partial charge is 0.293 e. The van der Waals surface area contributed by atoms with Gasteiger partial charge in [0.2, 0.25) is 0 Å². The fourth-order valence-electron chi connectivity index (χ4n) is 1.23. The normalized spacial score (nSPS) is 12.2. The number of carbonyl (C=O) groups excluding carboxylic acids is 1. The third-order valence-corrected chi connectivity index (χ3v) is 3.10. The summed E-state index contributed by atoms with van der Waals surface area (Å²) in [6.45, 7) is 1.64. The van der Waals surface area contributed by atoms with Crippen LogP contribution in [0.15, 0.2) is 18.2 Å². The van der Waals surface area contributed by atoms with Crippen molar-refractivity contribution in [3.63, 3.8) is 0 Å². The number of alkyl halides is 2. The molecule has 0 aliphatic carbocycles. The van der Waals surface area contributed by atoms with Crippen molar-refractivity contribution in [1.29, 1.82) is 0 Å². The monoisotopic (exact) mass is 349 g/mol. The van der Waals surface area contributed by atoms with Crippen LogP contribution in [0.5, 0.6) is 0 Å². The van der Waals surface area contributed by atoms with Crippen LogP contribution in [-0.4, -0.2) is 15.5 Å². The molecule has 0 aliphatic rings. The molecule has 6 heteroatoms. The van der Waals surface area contributed by atoms with E-state index < -0.39 is 9.75 Å². The Morgan fingerprint density at radius 3 is 2.62 bits per heavy atom. The van der Waals surface area contributed by atoms with E-state index in [0.29, 0.717) is 5.33 Å². The van der Waals surface area contributed by atoms with Crippen LogP contribution >= 0.6 is 31.9 Å². The van der Waals surface area contributed by atoms with Crippen LogP contribution < -0.4 is 0 Å². The Bertz CT molecular complexity index is 432. The Kier molecular flexibility index (Phi) is 4.61. The first-order valence-corrected chi connectivity index (χ1v) is 6.52. The van der Waals surface area contributed by atoms with Crippen LogP contribution in [0.1, 0.15) is 22.8 Å². The highest BCUT2D eigenvalue weighted by molar-refractivity contribution is 9.10. The third-order valence-electron chi connectivity index (χ3n) is 2.04. The van der Waals surface area contributed by atoms with E-state index in [-0.39, 0.29) is 17.0 Å². The van der Waals surface area contributed by atoms with Crippen molar-refractivity contribution in [2.75, 3.05) is 0 Å². The first kappa shape index (κ1) is 13.3. The maximum atomic E-state index is 11.7. The highest BCUT2D eigenvalue weighted by Crippen LogP contribution is 2.24. The Labute approximate surface area is 109 Å². The van der Waals surface area contributed by atoms with Crippen LogP contribution in [0.2, 0.25) is 0 Å². The summed E-state index contributed by atoms with van der Waals surface area (Å²) >= 11 is 6.33. The maximum Gasteiger partial charge on any atom is 0.280 e. The number of nitrogens with zero attached hydrogens (tertiary/aromatic N) is 1. The van der Waals surface area contributed by atoms with Gasteiger partial charge in [0.1, 0.15) is 0 Å². The summed E-state index contributed by atoms with van der Waals surface area (Å²) in [6.07, 6.45) is 0. The molecule has 1 rings (SSSR count). The number of ketones is 1. The SMILES string of the molecule is CC(Br)C(=O)c1ccc(CBr)cc1[N+](=O)[O-]. The molecular weight excluding hydrogens is 342 g/mol. The zero-order chi connectivity index (χ0) is 12.3. The van der Waals surface area contributed by atoms with Crippen molar-refractivity contribution in [3.8, 4) is 0 Å². The molecule has 86 valence electrons. The molecule has 0 saturated heterocycles. The average molecular weight is 351 g/mol. The lowest BCUT2D eigenvalue weighted by atomic mass is 10.0. The molecule has 0 heterocycles. The number of nitro benzene ring substituents is 1. The number of carbonyl (C=O) groups is 1. The summed E-state index contributed by atoms with van der Waals surface area (Å²) in [7, 11) is 0. The van der Waals surface area contributed by atoms with Crippen molar-refractivity contribution in [3.05, 3.63) is 39.4 Å². The van der Waals surface area contributed by atoms with E-state index >= 15 is 0 Å². The molecule has 1 unspecified atom stereocenters. The van der Waals surface area contributed by atoms with Crippen LogP contribution in [0.4, 0.5) is 5.69 Å². The minimum atomic E-state index is -0.533. The van der Waals surface area contributed by atoms with Crippen molar-refractivity contribution in [2.24, 2.45) is 0 Å². The lowest BCUT2D eigenvalue weighted by Gasteiger charge is -2.05. The highest BCUT2D eigenvalue weighted by atomic mass is 79.9. The smallest absolute Gasteiger partial charge is 0.280 e. The summed E-state index contributed by atoms with van der Waals surface area (Å²) in [4.78, 5) is 21.6. The zero-order valence-corrected chi connectivity index (χ0v) is 11.6. The first-order valence-electron chi connectivity index (χ1n) is 4.49. The number of rotatable bonds is 4. The van der Waals surface area contributed by atoms with Crippen LogP contribution in [0, 0.1) is 10.1 Å². The van der Waals surface area contributed by atoms with Gasteiger partial charge in [-0.25, -0.2) is 0 Å². The summed E-state index contributed by atoms with van der Waals surface area (Å²) in [5, 5.41) is 11.4. The second-order valence-corrected chi connectivity index (χ2v) is 5.16. The fraction of sp³-hybridized carbons (Fsp3) is 0.300. The molecular formula is C10H9Br2NO3. The van der Waals surface area contributed by atoms with E-state index in [0.717, 1.165) is 5.56 Å². The van der Waals surface area contributed by atoms with Crippen LogP contribution in [0.3, 0.4) is 0 Å². The molecule has 0 amide bonds. The average Bonchev–Trinajstić information content (AvgIpc) is 2.26. The molecule has 16 heavy (non-hydrogen) atoms. The van der Waals surface area contributed by atoms with Gasteiger partial charge in [-0.05, 0) is 18.6 Å². The van der Waals surface area contributed by atoms with Crippen molar-refractivity contribution >= 4 is 43.3 Å². The van der Waals surface area contributed by atoms with Crippen LogP contribution in [0.25, 0.3) is 0 Å². The zero-order valence-electron chi connectivity index (χ0n) is 8.44. The second-order valence-electron chi connectivity index (χ2n) is 3.22. The molecule has 0 aliphatic heterocycles. The number of Topliss-reactive ketones (excluding diaryl/α,β-unsaturated/α-hetero) is 1. The summed E-state index contributed by atoms with van der Waals surface area (Å²) in [6, 6.07) is 4.61. The van der Waals surface area contributed by atoms with E-state index in [9.17, 15) is 14.9 Å². The van der Waals surface area contributed by atoms with E-state index in [1.54, 1.807) is 13.0 Å². The van der Waals surface area contributed by atoms with Crippen molar-refractivity contribution in [2.45, 2.75) is 17.1 Å². The molecule has 0 bridgehead atoms. The van der Waals surface area contributed by atoms with Crippen LogP contribution in [-0.2, 0) is 5.33 Å². The molecule has 0 N–H and O–H groups in total. The Morgan fingerprint density at radius 1 is 1.56 bits per heavy atom. The van der Waals surface area contributed by atoms with Gasteiger partial charge in [-0.1, -0.05) is 37.9 Å². The van der Waals surface area contributed by atoms with Gasteiger partial charge in [0.15, 0.2) is 5.78 Å². The molecule has 0 saturated carbocycles. The van der Waals surface area contributed by atoms with Gasteiger partial charge in [0, 0.05) is 11.4 Å². The summed E-state index contributed by atoms with van der Waals surface area (Å²) in [5.41, 5.74) is 0.762. The number of nitro groups is 1. The minimum absolute atomic E-state index is 0.138. The van der Waals surface area contributed by atoms with Gasteiger partial charge in [0.05, 0.1) is 15.3 Å². The maximum absolute atomic E-state index is 11.7. The predicted molar refractivity (Wildman–Crippen MR) is 68.4 cm³/mol. The molecule has 0 radical (unpaired) electrons. The number of hydrogen-bond donors (Lipinski definition) is 0. The Morgan fingerprint density at radius 2 is 2.19 bits per heavy atom. The fourth-order valence-corrected chi connectivity index (χ4v) is 1.83. The van der Waals surface area contributed by atoms with Gasteiger partial charge in [-0.15, -0.1) is 0 Å². The highest BCUT2D eigenvalue weighted by Gasteiger charge is 2.23. The Balaban J connectivity index is 3.28. The molecule has 0 fully saturated rings. The van der Waals surface area contributed by atoms with E-state index in [2.05, 4.69) is 31.9 Å². The lowest BCUT2D eigenvalue weighted by molar-refractivity contribution is -0.385. The standard InChI is InChI=1S/C10H9Br2NO3/c1-6(12)10(14)8-3-2-7(5-11)4-9(8)13(15)16/h2-4,6H,5H2,1H3. The van der Waals surface area contributed by atoms with E-state index in [4.69, 9.17) is 0 Å². The lowest BCUT2D eigenvalue weighted by Crippen LogP contribution is -2.12. The molecule has 0 spiro atoms. The second kappa shape index (κ2) is 5.54. The van der Waals surface area contributed by atoms with Gasteiger partial charge in [-0.2, -0.15) is 0 Å². The Hall–Kier alpha value is -0.750. The van der Waals surface area contributed by atoms with Crippen molar-refractivity contribution in [1.82, 2.24) is 0 Å². The minimum Gasteiger partial charge on any atom is -0.293 e. The van der Waals surface area contributed by atoms with Gasteiger partial charge in [-0.3, -0.25) is 14.9 Å². The van der Waals surface area contributed by atoms with E-state index in [1.165, 1.54) is 12.1 Å². The molecule has 0 aromatic heterocycles. The summed E-state index contributed by atoms with van der Waals surface area (Å²) < 4.78 is 0. The first-order chi connectivity index (χ1) is 7.47. The number of halogens is 2. The molecule has 1 aromatic carbocycles. The van der Waals surface area contributed by atoms with Crippen molar-refractivity contribution < 1.29 is 9.72 Å². The number of benzene rings is 1. The topological polar surface area (TPSA) is 60.2 Å². The third kappa shape index (κ3) is 2.89.